The quantitative estimate of drug-likeness (QED) is 0.403. The second-order valence-corrected chi connectivity index (χ2v) is 6.47. The molecular weight excluding hydrogens is 356 g/mol. The van der Waals surface area contributed by atoms with Gasteiger partial charge >= 0.3 is 0 Å². The van der Waals surface area contributed by atoms with Gasteiger partial charge in [0.25, 0.3) is 0 Å². The highest BCUT2D eigenvalue weighted by atomic mass is 16.5. The van der Waals surface area contributed by atoms with Crippen LogP contribution in [0.5, 0.6) is 23.0 Å². The van der Waals surface area contributed by atoms with Gasteiger partial charge in [-0.3, -0.25) is 4.79 Å². The molecule has 1 N–H and O–H groups in total. The average Bonchev–Trinajstić information content (AvgIpc) is 2.70. The van der Waals surface area contributed by atoms with Crippen molar-refractivity contribution in [2.45, 2.75) is 20.3 Å². The Kier molecular flexibility index (Phi) is 7.27. The van der Waals surface area contributed by atoms with E-state index in [9.17, 15) is 9.90 Å². The number of allylic oxidation sites excluding steroid dienone is 3. The summed E-state index contributed by atoms with van der Waals surface area (Å²) in [5.41, 5.74) is 2.95. The van der Waals surface area contributed by atoms with E-state index < -0.39 is 0 Å². The van der Waals surface area contributed by atoms with Crippen molar-refractivity contribution < 1.29 is 24.1 Å². The van der Waals surface area contributed by atoms with Gasteiger partial charge < -0.3 is 19.3 Å². The Morgan fingerprint density at radius 2 is 1.71 bits per heavy atom. The van der Waals surface area contributed by atoms with E-state index in [1.807, 2.05) is 19.9 Å². The lowest BCUT2D eigenvalue weighted by atomic mass is 10.0. The summed E-state index contributed by atoms with van der Waals surface area (Å²) < 4.78 is 15.8. The van der Waals surface area contributed by atoms with E-state index in [-0.39, 0.29) is 17.1 Å². The van der Waals surface area contributed by atoms with E-state index in [0.717, 1.165) is 16.7 Å². The second kappa shape index (κ2) is 9.65. The first kappa shape index (κ1) is 21.1. The van der Waals surface area contributed by atoms with Crippen LogP contribution in [0.15, 0.2) is 48.1 Å². The number of rotatable bonds is 8. The fraction of sp³-hybridized carbons (Fsp3) is 0.261. The number of phenolic OH excluding ortho intramolecular Hbond substituents is 1. The van der Waals surface area contributed by atoms with Crippen LogP contribution in [0.4, 0.5) is 0 Å². The third kappa shape index (κ3) is 5.16. The number of ketones is 1. The molecule has 0 bridgehead atoms. The SMILES string of the molecule is COc1ccc(/C=C/C(=O)c2cc(CC=C(C)C)c(OC)cc2O)c(OC)c1. The van der Waals surface area contributed by atoms with Crippen LogP contribution in [0.3, 0.4) is 0 Å². The van der Waals surface area contributed by atoms with Gasteiger partial charge in [-0.15, -0.1) is 0 Å². The highest BCUT2D eigenvalue weighted by molar-refractivity contribution is 6.09. The second-order valence-electron chi connectivity index (χ2n) is 6.47. The summed E-state index contributed by atoms with van der Waals surface area (Å²) in [6.45, 7) is 4.01. The molecule has 0 aromatic heterocycles. The Morgan fingerprint density at radius 3 is 2.32 bits per heavy atom. The molecule has 0 radical (unpaired) electrons. The van der Waals surface area contributed by atoms with Gasteiger partial charge in [-0.1, -0.05) is 11.6 Å². The topological polar surface area (TPSA) is 65.0 Å². The smallest absolute Gasteiger partial charge is 0.189 e. The van der Waals surface area contributed by atoms with Gasteiger partial charge in [-0.2, -0.15) is 0 Å². The molecule has 5 nitrogen and oxygen atoms in total. The van der Waals surface area contributed by atoms with E-state index in [2.05, 4.69) is 0 Å². The van der Waals surface area contributed by atoms with Gasteiger partial charge in [0, 0.05) is 17.7 Å². The molecule has 0 heterocycles. The summed E-state index contributed by atoms with van der Waals surface area (Å²) in [5.74, 6) is 1.38. The zero-order valence-electron chi connectivity index (χ0n) is 16.9. The first-order valence-electron chi connectivity index (χ1n) is 8.87. The number of hydrogen-bond acceptors (Lipinski definition) is 5. The first-order chi connectivity index (χ1) is 13.4. The molecule has 0 aliphatic carbocycles. The monoisotopic (exact) mass is 382 g/mol. The Hall–Kier alpha value is -3.21. The minimum atomic E-state index is -0.309. The minimum absolute atomic E-state index is 0.117. The molecule has 0 aliphatic rings. The zero-order chi connectivity index (χ0) is 20.7. The van der Waals surface area contributed by atoms with Gasteiger partial charge in [0.1, 0.15) is 23.0 Å². The van der Waals surface area contributed by atoms with Crippen molar-refractivity contribution in [3.05, 3.63) is 64.7 Å². The standard InChI is InChI=1S/C23H26O5/c1-15(2)6-7-17-12-19(21(25)14-23(17)28-5)20(24)11-9-16-8-10-18(26-3)13-22(16)27-4/h6,8-14,25H,7H2,1-5H3/b11-9+. The number of phenols is 1. The van der Waals surface area contributed by atoms with E-state index in [4.69, 9.17) is 14.2 Å². The maximum Gasteiger partial charge on any atom is 0.189 e. The van der Waals surface area contributed by atoms with Crippen LogP contribution in [-0.4, -0.2) is 32.2 Å². The Bertz CT molecular complexity index is 905. The van der Waals surface area contributed by atoms with Crippen LogP contribution in [0.25, 0.3) is 6.08 Å². The van der Waals surface area contributed by atoms with Crippen LogP contribution < -0.4 is 14.2 Å². The molecule has 2 aromatic rings. The molecule has 0 saturated carbocycles. The Balaban J connectivity index is 2.34. The molecule has 0 aliphatic heterocycles. The van der Waals surface area contributed by atoms with E-state index in [1.54, 1.807) is 44.6 Å². The molecule has 2 rings (SSSR count). The van der Waals surface area contributed by atoms with Crippen molar-refractivity contribution in [1.29, 1.82) is 0 Å². The molecule has 0 amide bonds. The van der Waals surface area contributed by atoms with Gasteiger partial charge in [-0.05, 0) is 56.2 Å². The predicted molar refractivity (Wildman–Crippen MR) is 111 cm³/mol. The minimum Gasteiger partial charge on any atom is -0.507 e. The maximum atomic E-state index is 12.7. The van der Waals surface area contributed by atoms with Crippen LogP contribution in [-0.2, 0) is 6.42 Å². The summed E-state index contributed by atoms with van der Waals surface area (Å²) in [6.07, 6.45) is 5.72. The van der Waals surface area contributed by atoms with E-state index in [1.165, 1.54) is 19.3 Å². The third-order valence-electron chi connectivity index (χ3n) is 4.25. The number of ether oxygens (including phenoxy) is 3. The van der Waals surface area contributed by atoms with Crippen molar-refractivity contribution in [2.24, 2.45) is 0 Å². The van der Waals surface area contributed by atoms with Gasteiger partial charge in [-0.25, -0.2) is 0 Å². The predicted octanol–water partition coefficient (Wildman–Crippen LogP) is 4.82. The molecule has 0 atom stereocenters. The van der Waals surface area contributed by atoms with E-state index in [0.29, 0.717) is 23.7 Å². The lowest BCUT2D eigenvalue weighted by Gasteiger charge is -2.11. The highest BCUT2D eigenvalue weighted by Gasteiger charge is 2.14. The number of aromatic hydroxyl groups is 1. The Morgan fingerprint density at radius 1 is 1.00 bits per heavy atom. The Labute approximate surface area is 165 Å². The van der Waals surface area contributed by atoms with Crippen LogP contribution in [0.2, 0.25) is 0 Å². The van der Waals surface area contributed by atoms with Crippen molar-refractivity contribution in [1.82, 2.24) is 0 Å². The van der Waals surface area contributed by atoms with Crippen LogP contribution in [0.1, 0.15) is 35.3 Å². The fourth-order valence-electron chi connectivity index (χ4n) is 2.69. The lowest BCUT2D eigenvalue weighted by molar-refractivity contribution is 0.104. The van der Waals surface area contributed by atoms with Crippen molar-refractivity contribution >= 4 is 11.9 Å². The molecule has 0 fully saturated rings. The summed E-state index contributed by atoms with van der Waals surface area (Å²) in [4.78, 5) is 12.7. The van der Waals surface area contributed by atoms with E-state index >= 15 is 0 Å². The van der Waals surface area contributed by atoms with Gasteiger partial charge in [0.05, 0.1) is 26.9 Å². The molecule has 0 spiro atoms. The van der Waals surface area contributed by atoms with Crippen molar-refractivity contribution in [3.8, 4) is 23.0 Å². The molecular formula is C23H26O5. The number of carbonyl (C=O) groups excluding carboxylic acids is 1. The molecule has 28 heavy (non-hydrogen) atoms. The fourth-order valence-corrected chi connectivity index (χ4v) is 2.69. The molecule has 0 unspecified atom stereocenters. The summed E-state index contributed by atoms with van der Waals surface area (Å²) >= 11 is 0. The number of benzene rings is 2. The third-order valence-corrected chi connectivity index (χ3v) is 4.25. The van der Waals surface area contributed by atoms with Crippen LogP contribution >= 0.6 is 0 Å². The molecule has 148 valence electrons. The number of methoxy groups -OCH3 is 3. The maximum absolute atomic E-state index is 12.7. The first-order valence-corrected chi connectivity index (χ1v) is 8.87. The lowest BCUT2D eigenvalue weighted by Crippen LogP contribution is -2.00. The van der Waals surface area contributed by atoms with Gasteiger partial charge in [0.15, 0.2) is 5.78 Å². The summed E-state index contributed by atoms with van der Waals surface area (Å²) in [5, 5.41) is 10.3. The zero-order valence-corrected chi connectivity index (χ0v) is 16.9. The summed E-state index contributed by atoms with van der Waals surface area (Å²) in [7, 11) is 4.67. The number of hydrogen-bond donors (Lipinski definition) is 1. The largest absolute Gasteiger partial charge is 0.507 e. The molecule has 2 aromatic carbocycles. The molecule has 5 heteroatoms. The highest BCUT2D eigenvalue weighted by Crippen LogP contribution is 2.30. The average molecular weight is 382 g/mol. The van der Waals surface area contributed by atoms with Crippen molar-refractivity contribution in [3.63, 3.8) is 0 Å². The van der Waals surface area contributed by atoms with Gasteiger partial charge in [0.2, 0.25) is 0 Å². The van der Waals surface area contributed by atoms with Crippen molar-refractivity contribution in [2.75, 3.05) is 21.3 Å². The number of carbonyl (C=O) groups is 1. The molecule has 0 saturated heterocycles. The normalized spacial score (nSPS) is 10.6. The van der Waals surface area contributed by atoms with Crippen LogP contribution in [0, 0.1) is 0 Å². The summed E-state index contributed by atoms with van der Waals surface area (Å²) in [6, 6.07) is 8.48.